The second-order valence-corrected chi connectivity index (χ2v) is 8.35. The maximum absolute atomic E-state index is 12.4. The van der Waals surface area contributed by atoms with E-state index in [-0.39, 0.29) is 23.5 Å². The summed E-state index contributed by atoms with van der Waals surface area (Å²) < 4.78 is 5.07. The number of likely N-dealkylation sites (tertiary alicyclic amines) is 1. The molecular weight excluding hydrogens is 332 g/mol. The van der Waals surface area contributed by atoms with Crippen molar-refractivity contribution in [3.8, 4) is 0 Å². The molecule has 7 nitrogen and oxygen atoms in total. The van der Waals surface area contributed by atoms with E-state index in [1.165, 1.54) is 6.33 Å². The molecule has 0 unspecified atom stereocenters. The molecule has 0 bridgehead atoms. The van der Waals surface area contributed by atoms with Crippen LogP contribution in [0.3, 0.4) is 0 Å². The zero-order chi connectivity index (χ0) is 18.9. The third kappa shape index (κ3) is 3.97. The van der Waals surface area contributed by atoms with E-state index in [9.17, 15) is 9.59 Å². The zero-order valence-corrected chi connectivity index (χ0v) is 16.1. The van der Waals surface area contributed by atoms with Gasteiger partial charge >= 0.3 is 6.09 Å². The van der Waals surface area contributed by atoms with Gasteiger partial charge in [0.05, 0.1) is 6.04 Å². The molecular formula is C19H28N4O3. The van der Waals surface area contributed by atoms with Gasteiger partial charge in [-0.15, -0.1) is 0 Å². The molecule has 2 aliphatic heterocycles. The van der Waals surface area contributed by atoms with E-state index in [0.717, 1.165) is 38.0 Å². The first-order chi connectivity index (χ1) is 12.3. The van der Waals surface area contributed by atoms with E-state index < -0.39 is 0 Å². The van der Waals surface area contributed by atoms with E-state index in [1.807, 2.05) is 38.7 Å². The van der Waals surface area contributed by atoms with Gasteiger partial charge in [0.1, 0.15) is 18.8 Å². The zero-order valence-electron chi connectivity index (χ0n) is 16.1. The van der Waals surface area contributed by atoms with Gasteiger partial charge in [-0.3, -0.25) is 9.69 Å². The molecule has 7 heteroatoms. The number of amides is 2. The molecule has 1 aromatic heterocycles. The van der Waals surface area contributed by atoms with Crippen molar-refractivity contribution < 1.29 is 14.3 Å². The fraction of sp³-hybridized carbons (Fsp3) is 0.684. The van der Waals surface area contributed by atoms with Crippen molar-refractivity contribution in [1.82, 2.24) is 14.9 Å². The maximum atomic E-state index is 12.4. The van der Waals surface area contributed by atoms with E-state index >= 15 is 0 Å². The summed E-state index contributed by atoms with van der Waals surface area (Å²) in [4.78, 5) is 36.4. The largest absolute Gasteiger partial charge is 0.447 e. The number of anilines is 1. The summed E-state index contributed by atoms with van der Waals surface area (Å²) >= 11 is 0. The van der Waals surface area contributed by atoms with Crippen molar-refractivity contribution >= 4 is 17.8 Å². The van der Waals surface area contributed by atoms with Gasteiger partial charge in [-0.1, -0.05) is 20.8 Å². The maximum Gasteiger partial charge on any atom is 0.415 e. The fourth-order valence-electron chi connectivity index (χ4n) is 3.57. The molecule has 2 aliphatic rings. The predicted molar refractivity (Wildman–Crippen MR) is 97.8 cm³/mol. The minimum absolute atomic E-state index is 0.0168. The Balaban J connectivity index is 1.60. The Morgan fingerprint density at radius 2 is 1.96 bits per heavy atom. The Labute approximate surface area is 154 Å². The number of hydrogen-bond acceptors (Lipinski definition) is 5. The van der Waals surface area contributed by atoms with Gasteiger partial charge in [0.25, 0.3) is 0 Å². The van der Waals surface area contributed by atoms with E-state index in [2.05, 4.69) is 9.97 Å². The molecule has 0 saturated carbocycles. The van der Waals surface area contributed by atoms with Crippen LogP contribution in [0, 0.1) is 11.3 Å². The molecule has 142 valence electrons. The minimum atomic E-state index is -0.351. The highest BCUT2D eigenvalue weighted by atomic mass is 16.6. The standard InChI is InChI=1S/C19H28N4O3/c1-13-11-26-18(25)23(13)16-10-15(20-12-21-16)9-14-5-7-22(8-6-14)17(24)19(2,3)4/h10,12-14H,5-9,11H2,1-4H3/t13-/m0/s1. The van der Waals surface area contributed by atoms with Crippen molar-refractivity contribution in [3.05, 3.63) is 18.1 Å². The molecule has 26 heavy (non-hydrogen) atoms. The molecule has 0 N–H and O–H groups in total. The highest BCUT2D eigenvalue weighted by Gasteiger charge is 2.33. The highest BCUT2D eigenvalue weighted by Crippen LogP contribution is 2.27. The van der Waals surface area contributed by atoms with Gasteiger partial charge in [-0.2, -0.15) is 0 Å². The van der Waals surface area contributed by atoms with Crippen LogP contribution < -0.4 is 4.90 Å². The lowest BCUT2D eigenvalue weighted by atomic mass is 9.89. The molecule has 3 rings (SSSR count). The van der Waals surface area contributed by atoms with Crippen LogP contribution in [0.2, 0.25) is 0 Å². The Hall–Kier alpha value is -2.18. The Morgan fingerprint density at radius 1 is 1.27 bits per heavy atom. The third-order valence-corrected chi connectivity index (χ3v) is 5.08. The summed E-state index contributed by atoms with van der Waals surface area (Å²) in [6.45, 7) is 9.83. The number of carbonyl (C=O) groups excluding carboxylic acids is 2. The molecule has 0 aliphatic carbocycles. The summed E-state index contributed by atoms with van der Waals surface area (Å²) in [6, 6.07) is 1.87. The first-order valence-electron chi connectivity index (χ1n) is 9.32. The molecule has 0 radical (unpaired) electrons. The quantitative estimate of drug-likeness (QED) is 0.828. The predicted octanol–water partition coefficient (Wildman–Crippen LogP) is 2.65. The molecule has 0 aromatic carbocycles. The van der Waals surface area contributed by atoms with Gasteiger partial charge in [-0.05, 0) is 32.1 Å². The highest BCUT2D eigenvalue weighted by molar-refractivity contribution is 5.88. The number of aromatic nitrogens is 2. The average Bonchev–Trinajstić information content (AvgIpc) is 2.93. The van der Waals surface area contributed by atoms with Crippen molar-refractivity contribution in [1.29, 1.82) is 0 Å². The van der Waals surface area contributed by atoms with Crippen molar-refractivity contribution in [3.63, 3.8) is 0 Å². The van der Waals surface area contributed by atoms with Crippen LogP contribution in [-0.4, -0.2) is 52.6 Å². The van der Waals surface area contributed by atoms with Crippen LogP contribution in [0.1, 0.15) is 46.2 Å². The Morgan fingerprint density at radius 3 is 2.54 bits per heavy atom. The van der Waals surface area contributed by atoms with Crippen LogP contribution >= 0.6 is 0 Å². The van der Waals surface area contributed by atoms with Gasteiger partial charge in [0.15, 0.2) is 0 Å². The van der Waals surface area contributed by atoms with Crippen molar-refractivity contribution in [2.75, 3.05) is 24.6 Å². The van der Waals surface area contributed by atoms with Crippen molar-refractivity contribution in [2.24, 2.45) is 11.3 Å². The third-order valence-electron chi connectivity index (χ3n) is 5.08. The van der Waals surface area contributed by atoms with Crippen LogP contribution in [0.4, 0.5) is 10.6 Å². The lowest BCUT2D eigenvalue weighted by Gasteiger charge is -2.35. The molecule has 2 fully saturated rings. The summed E-state index contributed by atoms with van der Waals surface area (Å²) in [6.07, 6.45) is 3.95. The first-order valence-corrected chi connectivity index (χ1v) is 9.32. The molecule has 3 heterocycles. The first kappa shape index (κ1) is 18.6. The second kappa shape index (κ2) is 7.21. The number of piperidine rings is 1. The molecule has 1 aromatic rings. The van der Waals surface area contributed by atoms with Gasteiger partial charge < -0.3 is 9.64 Å². The van der Waals surface area contributed by atoms with E-state index in [4.69, 9.17) is 4.74 Å². The summed E-state index contributed by atoms with van der Waals surface area (Å²) in [5.41, 5.74) is 0.609. The normalized spacial score (nSPS) is 21.8. The molecule has 0 spiro atoms. The summed E-state index contributed by atoms with van der Waals surface area (Å²) in [5.74, 6) is 1.32. The summed E-state index contributed by atoms with van der Waals surface area (Å²) in [7, 11) is 0. The lowest BCUT2D eigenvalue weighted by molar-refractivity contribution is -0.140. The van der Waals surface area contributed by atoms with E-state index in [1.54, 1.807) is 4.90 Å². The summed E-state index contributed by atoms with van der Waals surface area (Å²) in [5, 5.41) is 0. The van der Waals surface area contributed by atoms with Crippen LogP contribution in [-0.2, 0) is 16.0 Å². The van der Waals surface area contributed by atoms with Crippen LogP contribution in [0.15, 0.2) is 12.4 Å². The molecule has 1 atom stereocenters. The van der Waals surface area contributed by atoms with Crippen LogP contribution in [0.5, 0.6) is 0 Å². The van der Waals surface area contributed by atoms with Gasteiger partial charge in [0.2, 0.25) is 5.91 Å². The van der Waals surface area contributed by atoms with Crippen molar-refractivity contribution in [2.45, 2.75) is 53.0 Å². The second-order valence-electron chi connectivity index (χ2n) is 8.35. The number of rotatable bonds is 3. The minimum Gasteiger partial charge on any atom is -0.447 e. The van der Waals surface area contributed by atoms with Gasteiger partial charge in [-0.25, -0.2) is 14.8 Å². The molecule has 2 saturated heterocycles. The number of cyclic esters (lactones) is 1. The van der Waals surface area contributed by atoms with Crippen LogP contribution in [0.25, 0.3) is 0 Å². The Kier molecular flexibility index (Phi) is 5.16. The molecule has 2 amide bonds. The topological polar surface area (TPSA) is 75.6 Å². The number of nitrogens with zero attached hydrogens (tertiary/aromatic N) is 4. The van der Waals surface area contributed by atoms with E-state index in [0.29, 0.717) is 18.3 Å². The Bertz CT molecular complexity index is 678. The number of ether oxygens (including phenoxy) is 1. The number of hydrogen-bond donors (Lipinski definition) is 0. The fourth-order valence-corrected chi connectivity index (χ4v) is 3.57. The SMILES string of the molecule is C[C@H]1COC(=O)N1c1cc(CC2CCN(C(=O)C(C)(C)C)CC2)ncn1. The monoisotopic (exact) mass is 360 g/mol. The smallest absolute Gasteiger partial charge is 0.415 e. The lowest BCUT2D eigenvalue weighted by Crippen LogP contribution is -2.44. The average molecular weight is 360 g/mol. The van der Waals surface area contributed by atoms with Gasteiger partial charge in [0, 0.05) is 30.3 Å². The number of carbonyl (C=O) groups is 2.